The number of fused-ring (bicyclic) bond motifs is 1. The lowest BCUT2D eigenvalue weighted by Crippen LogP contribution is -2.44. The molecule has 12 heteroatoms. The van der Waals surface area contributed by atoms with E-state index < -0.39 is 28.5 Å². The summed E-state index contributed by atoms with van der Waals surface area (Å²) >= 11 is 0. The second kappa shape index (κ2) is 13.5. The molecule has 0 fully saturated rings. The van der Waals surface area contributed by atoms with Gasteiger partial charge >= 0.3 is 6.18 Å². The van der Waals surface area contributed by atoms with Crippen molar-refractivity contribution in [1.82, 2.24) is 14.8 Å². The van der Waals surface area contributed by atoms with Gasteiger partial charge in [0.1, 0.15) is 6.54 Å². The molecule has 0 aliphatic carbocycles. The summed E-state index contributed by atoms with van der Waals surface area (Å²) in [7, 11) is 1.44. The Balaban J connectivity index is 1.59. The van der Waals surface area contributed by atoms with Crippen LogP contribution in [-0.4, -0.2) is 64.9 Å². The van der Waals surface area contributed by atoms with Crippen molar-refractivity contribution in [3.05, 3.63) is 111 Å². The number of hydrogen-bond acceptors (Lipinski definition) is 5. The van der Waals surface area contributed by atoms with Crippen LogP contribution in [0.5, 0.6) is 0 Å². The highest BCUT2D eigenvalue weighted by molar-refractivity contribution is 5.97. The van der Waals surface area contributed by atoms with Crippen LogP contribution in [0.2, 0.25) is 0 Å². The Kier molecular flexibility index (Phi) is 9.81. The molecular weight excluding hydrogens is 565 g/mol. The van der Waals surface area contributed by atoms with E-state index in [1.165, 1.54) is 47.2 Å². The largest absolute Gasteiger partial charge is 0.416 e. The Labute approximate surface area is 246 Å². The number of halogens is 3. The molecular formula is C31H31F3N4O5. The smallest absolute Gasteiger partial charge is 0.383 e. The summed E-state index contributed by atoms with van der Waals surface area (Å²) in [5.41, 5.74) is 1.81. The number of benzene rings is 3. The number of rotatable bonds is 12. The number of H-pyrrole nitrogens is 1. The molecule has 0 radical (unpaired) electrons. The van der Waals surface area contributed by atoms with Crippen molar-refractivity contribution < 1.29 is 32.4 Å². The predicted molar refractivity (Wildman–Crippen MR) is 154 cm³/mol. The topological polar surface area (TPSA) is 109 Å². The Morgan fingerprint density at radius 3 is 2.40 bits per heavy atom. The lowest BCUT2D eigenvalue weighted by molar-refractivity contribution is -0.385. The third kappa shape index (κ3) is 7.77. The fourth-order valence-corrected chi connectivity index (χ4v) is 4.74. The maximum absolute atomic E-state index is 13.7. The van der Waals surface area contributed by atoms with Gasteiger partial charge < -0.3 is 19.5 Å². The van der Waals surface area contributed by atoms with Crippen molar-refractivity contribution in [3.8, 4) is 0 Å². The molecule has 0 bridgehead atoms. The molecule has 43 heavy (non-hydrogen) atoms. The van der Waals surface area contributed by atoms with E-state index in [1.54, 1.807) is 6.92 Å². The van der Waals surface area contributed by atoms with E-state index in [-0.39, 0.29) is 44.0 Å². The number of nitro groups is 1. The van der Waals surface area contributed by atoms with Gasteiger partial charge in [0.2, 0.25) is 5.91 Å². The third-order valence-electron chi connectivity index (χ3n) is 7.16. The average Bonchev–Trinajstić information content (AvgIpc) is 3.39. The van der Waals surface area contributed by atoms with Gasteiger partial charge in [-0.05, 0) is 48.7 Å². The number of nitro benzene ring substituents is 1. The fraction of sp³-hybridized carbons (Fsp3) is 0.290. The van der Waals surface area contributed by atoms with Crippen molar-refractivity contribution >= 4 is 28.4 Å². The lowest BCUT2D eigenvalue weighted by atomic mass is 10.1. The monoisotopic (exact) mass is 596 g/mol. The van der Waals surface area contributed by atoms with Crippen LogP contribution in [0.25, 0.3) is 10.9 Å². The van der Waals surface area contributed by atoms with E-state index in [0.29, 0.717) is 17.5 Å². The zero-order chi connectivity index (χ0) is 31.1. The van der Waals surface area contributed by atoms with Crippen molar-refractivity contribution in [2.45, 2.75) is 26.1 Å². The van der Waals surface area contributed by atoms with E-state index in [0.717, 1.165) is 28.6 Å². The number of nitrogens with zero attached hydrogens (tertiary/aromatic N) is 3. The van der Waals surface area contributed by atoms with Crippen LogP contribution < -0.4 is 0 Å². The lowest BCUT2D eigenvalue weighted by Gasteiger charge is -2.28. The summed E-state index contributed by atoms with van der Waals surface area (Å²) < 4.78 is 44.5. The minimum absolute atomic E-state index is 0.0155. The number of para-hydroxylation sites is 1. The number of amides is 2. The maximum atomic E-state index is 13.7. The summed E-state index contributed by atoms with van der Waals surface area (Å²) in [6.07, 6.45) is -2.19. The molecule has 1 heterocycles. The first-order valence-electron chi connectivity index (χ1n) is 13.5. The van der Waals surface area contributed by atoms with Crippen LogP contribution in [0, 0.1) is 17.0 Å². The van der Waals surface area contributed by atoms with Crippen LogP contribution in [-0.2, 0) is 28.7 Å². The van der Waals surface area contributed by atoms with Gasteiger partial charge in [0, 0.05) is 61.0 Å². The van der Waals surface area contributed by atoms with Crippen LogP contribution in [0.4, 0.5) is 18.9 Å². The molecule has 0 saturated heterocycles. The van der Waals surface area contributed by atoms with Crippen LogP contribution in [0.3, 0.4) is 0 Å². The second-order valence-corrected chi connectivity index (χ2v) is 10.1. The van der Waals surface area contributed by atoms with Gasteiger partial charge in [-0.2, -0.15) is 13.2 Å². The number of carbonyl (C=O) groups is 2. The quantitative estimate of drug-likeness (QED) is 0.165. The molecule has 0 aliphatic rings. The van der Waals surface area contributed by atoms with Gasteiger partial charge in [-0.1, -0.05) is 36.4 Å². The summed E-state index contributed by atoms with van der Waals surface area (Å²) in [4.78, 5) is 44.0. The van der Waals surface area contributed by atoms with E-state index in [4.69, 9.17) is 4.74 Å². The summed E-state index contributed by atoms with van der Waals surface area (Å²) in [6.45, 7) is 1.59. The van der Waals surface area contributed by atoms with Gasteiger partial charge in [-0.25, -0.2) is 0 Å². The molecule has 1 N–H and O–H groups in total. The summed E-state index contributed by atoms with van der Waals surface area (Å²) in [5.74, 6) is -1.02. The van der Waals surface area contributed by atoms with Crippen LogP contribution in [0.1, 0.15) is 32.6 Å². The average molecular weight is 597 g/mol. The molecule has 1 aromatic heterocycles. The van der Waals surface area contributed by atoms with E-state index in [9.17, 15) is 32.9 Å². The Morgan fingerprint density at radius 1 is 1.00 bits per heavy atom. The number of hydrogen-bond donors (Lipinski definition) is 1. The maximum Gasteiger partial charge on any atom is 0.416 e. The second-order valence-electron chi connectivity index (χ2n) is 10.1. The molecule has 3 aromatic carbocycles. The number of methoxy groups -OCH3 is 1. The summed E-state index contributed by atoms with van der Waals surface area (Å²) in [5, 5.41) is 12.4. The van der Waals surface area contributed by atoms with E-state index in [1.807, 2.05) is 30.5 Å². The number of aromatic nitrogens is 1. The van der Waals surface area contributed by atoms with Gasteiger partial charge in [-0.15, -0.1) is 0 Å². The Morgan fingerprint density at radius 2 is 1.72 bits per heavy atom. The highest BCUT2D eigenvalue weighted by Gasteiger charge is 2.30. The van der Waals surface area contributed by atoms with Gasteiger partial charge in [0.15, 0.2) is 0 Å². The Hall–Kier alpha value is -4.71. The highest BCUT2D eigenvalue weighted by atomic mass is 19.4. The van der Waals surface area contributed by atoms with Crippen molar-refractivity contribution in [2.24, 2.45) is 0 Å². The van der Waals surface area contributed by atoms with Crippen molar-refractivity contribution in [1.29, 1.82) is 0 Å². The molecule has 0 aliphatic heterocycles. The molecule has 0 unspecified atom stereocenters. The SMILES string of the molecule is COCCN(CC(=O)N(CCc1c[nH]c2ccccc12)Cc1ccc(C(F)(F)F)cc1)C(=O)c1ccc(C)c([N+](=O)[O-])c1. The Bertz CT molecular complexity index is 1600. The molecule has 9 nitrogen and oxygen atoms in total. The number of carbonyl (C=O) groups excluding carboxylic acids is 2. The molecule has 0 saturated carbocycles. The minimum Gasteiger partial charge on any atom is -0.383 e. The molecule has 0 atom stereocenters. The number of aryl methyl sites for hydroxylation is 1. The molecule has 2 amide bonds. The number of aromatic amines is 1. The standard InChI is InChI=1S/C31H31F3N4O5/c1-21-7-10-23(17-28(21)38(41)42)30(40)37(15-16-43-2)20-29(39)36(19-22-8-11-25(12-9-22)31(32,33)34)14-13-24-18-35-27-6-4-3-5-26(24)27/h3-12,17-18,35H,13-16,19-20H2,1-2H3. The van der Waals surface area contributed by atoms with Gasteiger partial charge in [0.05, 0.1) is 17.1 Å². The normalized spacial score (nSPS) is 11.5. The van der Waals surface area contributed by atoms with E-state index in [2.05, 4.69) is 4.98 Å². The predicted octanol–water partition coefficient (Wildman–Crippen LogP) is 5.76. The van der Waals surface area contributed by atoms with Crippen molar-refractivity contribution in [3.63, 3.8) is 0 Å². The number of nitrogens with one attached hydrogen (secondary N) is 1. The van der Waals surface area contributed by atoms with Crippen molar-refractivity contribution in [2.75, 3.05) is 33.4 Å². The zero-order valence-electron chi connectivity index (χ0n) is 23.7. The van der Waals surface area contributed by atoms with Gasteiger partial charge in [0.25, 0.3) is 11.6 Å². The first kappa shape index (κ1) is 31.2. The first-order chi connectivity index (χ1) is 20.5. The number of ether oxygens (including phenoxy) is 1. The van der Waals surface area contributed by atoms with Gasteiger partial charge in [-0.3, -0.25) is 19.7 Å². The van der Waals surface area contributed by atoms with Crippen LogP contribution >= 0.6 is 0 Å². The highest BCUT2D eigenvalue weighted by Crippen LogP contribution is 2.29. The zero-order valence-corrected chi connectivity index (χ0v) is 23.7. The minimum atomic E-state index is -4.49. The first-order valence-corrected chi connectivity index (χ1v) is 13.5. The molecule has 4 rings (SSSR count). The molecule has 226 valence electrons. The summed E-state index contributed by atoms with van der Waals surface area (Å²) in [6, 6.07) is 16.4. The third-order valence-corrected chi connectivity index (χ3v) is 7.16. The molecule has 4 aromatic rings. The van der Waals surface area contributed by atoms with E-state index >= 15 is 0 Å². The number of alkyl halides is 3. The fourth-order valence-electron chi connectivity index (χ4n) is 4.74. The van der Waals surface area contributed by atoms with Crippen LogP contribution in [0.15, 0.2) is 72.9 Å². The molecule has 0 spiro atoms.